The SMILES string of the molecule is C[Si](O)C(C)(C)CC(F)(F)F. The van der Waals surface area contributed by atoms with E-state index in [9.17, 15) is 13.2 Å². The van der Waals surface area contributed by atoms with Crippen molar-refractivity contribution in [1.82, 2.24) is 0 Å². The van der Waals surface area contributed by atoms with Crippen LogP contribution in [0.2, 0.25) is 11.6 Å². The Morgan fingerprint density at radius 2 is 1.64 bits per heavy atom. The lowest BCUT2D eigenvalue weighted by atomic mass is 10.1. The van der Waals surface area contributed by atoms with Crippen LogP contribution in [0.5, 0.6) is 0 Å². The Kier molecular flexibility index (Phi) is 3.13. The number of hydrogen-bond donors (Lipinski definition) is 1. The molecule has 67 valence electrons. The molecule has 0 saturated heterocycles. The van der Waals surface area contributed by atoms with Gasteiger partial charge in [0, 0.05) is 6.42 Å². The maximum Gasteiger partial charge on any atom is 0.389 e. The minimum Gasteiger partial charge on any atom is -0.431 e. The Balaban J connectivity index is 4.13. The molecule has 0 fully saturated rings. The van der Waals surface area contributed by atoms with Crippen molar-refractivity contribution in [3.05, 3.63) is 0 Å². The normalized spacial score (nSPS) is 14.2. The molecule has 0 aromatic rings. The van der Waals surface area contributed by atoms with E-state index in [2.05, 4.69) is 0 Å². The second kappa shape index (κ2) is 3.14. The van der Waals surface area contributed by atoms with Gasteiger partial charge in [0.2, 0.25) is 9.04 Å². The molecule has 1 nitrogen and oxygen atoms in total. The maximum absolute atomic E-state index is 11.8. The smallest absolute Gasteiger partial charge is 0.389 e. The van der Waals surface area contributed by atoms with E-state index in [4.69, 9.17) is 4.80 Å². The third-order valence-corrected chi connectivity index (χ3v) is 3.76. The van der Waals surface area contributed by atoms with Gasteiger partial charge in [-0.2, -0.15) is 13.2 Å². The molecule has 0 aliphatic rings. The standard InChI is InChI=1S/C6H12F3OSi/c1-5(2,11(3)10)4-6(7,8)9/h10H,4H2,1-3H3. The fraction of sp³-hybridized carbons (Fsp3) is 1.00. The highest BCUT2D eigenvalue weighted by Crippen LogP contribution is 2.39. The average molecular weight is 185 g/mol. The number of rotatable bonds is 2. The van der Waals surface area contributed by atoms with Crippen LogP contribution >= 0.6 is 0 Å². The van der Waals surface area contributed by atoms with E-state index < -0.39 is 26.7 Å². The van der Waals surface area contributed by atoms with Crippen LogP contribution in [0.15, 0.2) is 0 Å². The van der Waals surface area contributed by atoms with Crippen molar-refractivity contribution in [3.63, 3.8) is 0 Å². The van der Waals surface area contributed by atoms with Crippen molar-refractivity contribution in [2.75, 3.05) is 0 Å². The summed E-state index contributed by atoms with van der Waals surface area (Å²) in [4.78, 5) is 9.05. The molecule has 0 atom stereocenters. The molecule has 0 spiro atoms. The monoisotopic (exact) mass is 185 g/mol. The molecule has 5 heteroatoms. The first-order chi connectivity index (χ1) is 4.65. The molecular weight excluding hydrogens is 173 g/mol. The Morgan fingerprint density at radius 3 is 1.73 bits per heavy atom. The molecule has 0 aromatic heterocycles. The highest BCUT2D eigenvalue weighted by Gasteiger charge is 2.40. The van der Waals surface area contributed by atoms with Gasteiger partial charge in [-0.25, -0.2) is 0 Å². The molecule has 0 aromatic carbocycles. The molecular formula is C6H12F3OSi. The minimum absolute atomic E-state index is 0.901. The van der Waals surface area contributed by atoms with Gasteiger partial charge in [0.25, 0.3) is 0 Å². The minimum atomic E-state index is -4.17. The van der Waals surface area contributed by atoms with Gasteiger partial charge >= 0.3 is 6.18 Å². The molecule has 1 radical (unpaired) electrons. The van der Waals surface area contributed by atoms with Crippen LogP contribution in [0.3, 0.4) is 0 Å². The maximum atomic E-state index is 11.8. The first kappa shape index (κ1) is 11.0. The van der Waals surface area contributed by atoms with Crippen molar-refractivity contribution in [2.24, 2.45) is 0 Å². The molecule has 0 aliphatic heterocycles. The fourth-order valence-corrected chi connectivity index (χ4v) is 1.09. The molecule has 0 bridgehead atoms. The van der Waals surface area contributed by atoms with Crippen molar-refractivity contribution in [3.8, 4) is 0 Å². The van der Waals surface area contributed by atoms with Gasteiger partial charge in [0.1, 0.15) is 0 Å². The Hall–Kier alpha value is -0.0331. The fourth-order valence-electron chi connectivity index (χ4n) is 0.629. The van der Waals surface area contributed by atoms with Gasteiger partial charge in [0.05, 0.1) is 0 Å². The summed E-state index contributed by atoms with van der Waals surface area (Å²) in [7, 11) is -1.86. The molecule has 0 rings (SSSR count). The summed E-state index contributed by atoms with van der Waals surface area (Å²) in [6.45, 7) is 4.35. The Morgan fingerprint density at radius 1 is 1.27 bits per heavy atom. The van der Waals surface area contributed by atoms with Gasteiger partial charge in [-0.1, -0.05) is 13.8 Å². The quantitative estimate of drug-likeness (QED) is 0.655. The van der Waals surface area contributed by atoms with E-state index in [1.165, 1.54) is 20.4 Å². The topological polar surface area (TPSA) is 20.2 Å². The first-order valence-electron chi connectivity index (χ1n) is 3.25. The first-order valence-corrected chi connectivity index (χ1v) is 5.19. The van der Waals surface area contributed by atoms with Crippen molar-refractivity contribution in [1.29, 1.82) is 0 Å². The van der Waals surface area contributed by atoms with Crippen LogP contribution in [0, 0.1) is 0 Å². The summed E-state index contributed by atoms with van der Waals surface area (Å²) >= 11 is 0. The summed E-state index contributed by atoms with van der Waals surface area (Å²) in [6.07, 6.45) is -5.07. The molecule has 0 saturated carbocycles. The van der Waals surface area contributed by atoms with Crippen LogP contribution in [0.25, 0.3) is 0 Å². The Labute approximate surface area is 66.0 Å². The lowest BCUT2D eigenvalue weighted by Gasteiger charge is -2.26. The van der Waals surface area contributed by atoms with E-state index in [-0.39, 0.29) is 0 Å². The number of alkyl halides is 3. The van der Waals surface area contributed by atoms with Gasteiger partial charge < -0.3 is 4.80 Å². The largest absolute Gasteiger partial charge is 0.431 e. The van der Waals surface area contributed by atoms with Crippen LogP contribution in [-0.2, 0) is 0 Å². The molecule has 0 amide bonds. The third-order valence-electron chi connectivity index (χ3n) is 1.62. The zero-order valence-corrected chi connectivity index (χ0v) is 7.79. The average Bonchev–Trinajstić information content (AvgIpc) is 1.56. The molecule has 11 heavy (non-hydrogen) atoms. The van der Waals surface area contributed by atoms with E-state index in [1.807, 2.05) is 0 Å². The lowest BCUT2D eigenvalue weighted by molar-refractivity contribution is -0.141. The van der Waals surface area contributed by atoms with Crippen molar-refractivity contribution >= 4 is 9.04 Å². The van der Waals surface area contributed by atoms with Crippen molar-refractivity contribution < 1.29 is 18.0 Å². The highest BCUT2D eigenvalue weighted by molar-refractivity contribution is 6.52. The lowest BCUT2D eigenvalue weighted by Crippen LogP contribution is -2.29. The Bertz CT molecular complexity index is 130. The van der Waals surface area contributed by atoms with E-state index in [0.717, 1.165) is 0 Å². The number of halogens is 3. The zero-order chi connectivity index (χ0) is 9.28. The van der Waals surface area contributed by atoms with Crippen molar-refractivity contribution in [2.45, 2.75) is 38.0 Å². The van der Waals surface area contributed by atoms with Crippen LogP contribution < -0.4 is 0 Å². The van der Waals surface area contributed by atoms with Crippen LogP contribution in [0.1, 0.15) is 20.3 Å². The van der Waals surface area contributed by atoms with E-state index >= 15 is 0 Å². The summed E-state index contributed by atoms with van der Waals surface area (Å²) in [5, 5.41) is -0.983. The second-order valence-corrected chi connectivity index (χ2v) is 5.79. The number of hydrogen-bond acceptors (Lipinski definition) is 1. The zero-order valence-electron chi connectivity index (χ0n) is 6.79. The predicted molar refractivity (Wildman–Crippen MR) is 38.5 cm³/mol. The van der Waals surface area contributed by atoms with Gasteiger partial charge in [-0.15, -0.1) is 0 Å². The van der Waals surface area contributed by atoms with Crippen LogP contribution in [0.4, 0.5) is 13.2 Å². The van der Waals surface area contributed by atoms with Gasteiger partial charge in [-0.05, 0) is 11.6 Å². The van der Waals surface area contributed by atoms with Gasteiger partial charge in [-0.3, -0.25) is 0 Å². The second-order valence-electron chi connectivity index (χ2n) is 3.26. The van der Waals surface area contributed by atoms with E-state index in [0.29, 0.717) is 0 Å². The molecule has 0 aliphatic carbocycles. The highest BCUT2D eigenvalue weighted by atomic mass is 28.3. The third kappa shape index (κ3) is 4.42. The molecule has 1 N–H and O–H groups in total. The van der Waals surface area contributed by atoms with Gasteiger partial charge in [0.15, 0.2) is 0 Å². The summed E-state index contributed by atoms with van der Waals surface area (Å²) < 4.78 is 35.5. The molecule has 0 unspecified atom stereocenters. The summed E-state index contributed by atoms with van der Waals surface area (Å²) in [5.74, 6) is 0. The van der Waals surface area contributed by atoms with E-state index in [1.54, 1.807) is 0 Å². The molecule has 0 heterocycles. The summed E-state index contributed by atoms with van der Waals surface area (Å²) in [6, 6.07) is 0. The predicted octanol–water partition coefficient (Wildman–Crippen LogP) is 2.33. The van der Waals surface area contributed by atoms with Crippen LogP contribution in [-0.4, -0.2) is 20.0 Å². The summed E-state index contributed by atoms with van der Waals surface area (Å²) in [5.41, 5.74) is 0.